The molecule has 1 amide bonds. The molecule has 2 aromatic heterocycles. The number of amides is 1. The van der Waals surface area contributed by atoms with Crippen molar-refractivity contribution in [2.45, 2.75) is 63.0 Å². The maximum Gasteiger partial charge on any atom is 0.331 e. The van der Waals surface area contributed by atoms with Crippen LogP contribution in [0.15, 0.2) is 19.1 Å². The Kier molecular flexibility index (Phi) is 6.08. The van der Waals surface area contributed by atoms with E-state index >= 15 is 0 Å². The van der Waals surface area contributed by atoms with Crippen LogP contribution in [0.1, 0.15) is 42.3 Å². The minimum absolute atomic E-state index is 0.0256. The molecule has 1 N–H and O–H groups in total. The number of rotatable bonds is 5. The second-order valence-corrected chi connectivity index (χ2v) is 10.1. The Morgan fingerprint density at radius 3 is 2.59 bits per heavy atom. The summed E-state index contributed by atoms with van der Waals surface area (Å²) < 4.78 is 7.96. The van der Waals surface area contributed by atoms with Crippen LogP contribution < -0.4 is 11.2 Å². The van der Waals surface area contributed by atoms with Gasteiger partial charge in [0, 0.05) is 24.4 Å². The van der Waals surface area contributed by atoms with Crippen LogP contribution in [-0.2, 0) is 29.6 Å². The number of aryl methyl sites for hydroxylation is 2. The van der Waals surface area contributed by atoms with Crippen LogP contribution in [0.25, 0.3) is 0 Å². The first-order chi connectivity index (χ1) is 15.1. The van der Waals surface area contributed by atoms with Crippen LogP contribution in [0.4, 0.5) is 0 Å². The van der Waals surface area contributed by atoms with Gasteiger partial charge in [0.2, 0.25) is 0 Å². The second kappa shape index (κ2) is 8.53. The number of aliphatic hydroxyl groups excluding tert-OH is 1. The van der Waals surface area contributed by atoms with Gasteiger partial charge in [-0.2, -0.15) is 0 Å². The lowest BCUT2D eigenvalue weighted by atomic mass is 9.92. The number of hydroxylamine groups is 2. The first kappa shape index (κ1) is 22.8. The average Bonchev–Trinajstić information content (AvgIpc) is 3.42. The number of β-amino-alcohol motifs (C(OH)–C–C–N with tert-alkyl or cyclic N) is 1. The summed E-state index contributed by atoms with van der Waals surface area (Å²) in [6.45, 7) is 8.13. The molecule has 174 valence electrons. The van der Waals surface area contributed by atoms with Crippen molar-refractivity contribution in [3.63, 3.8) is 0 Å². The summed E-state index contributed by atoms with van der Waals surface area (Å²) in [4.78, 5) is 45.1. The molecule has 0 aliphatic carbocycles. The molecule has 4 rings (SSSR count). The molecule has 0 bridgehead atoms. The Morgan fingerprint density at radius 2 is 2.03 bits per heavy atom. The number of carbonyl (C=O) groups is 1. The summed E-state index contributed by atoms with van der Waals surface area (Å²) in [5.41, 5.74) is 1.05. The smallest absolute Gasteiger partial charge is 0.331 e. The van der Waals surface area contributed by atoms with Gasteiger partial charge in [-0.3, -0.25) is 23.6 Å². The maximum absolute atomic E-state index is 13.5. The van der Waals surface area contributed by atoms with Gasteiger partial charge >= 0.3 is 5.69 Å². The highest BCUT2D eigenvalue weighted by Gasteiger charge is 2.46. The molecule has 3 atom stereocenters. The molecule has 0 radical (unpaired) electrons. The molecule has 2 aliphatic rings. The summed E-state index contributed by atoms with van der Waals surface area (Å²) >= 11 is 1.37. The molecule has 0 saturated carbocycles. The lowest BCUT2D eigenvalue weighted by molar-refractivity contribution is -0.170. The zero-order valence-corrected chi connectivity index (χ0v) is 19.6. The zero-order chi connectivity index (χ0) is 23.3. The summed E-state index contributed by atoms with van der Waals surface area (Å²) in [6, 6.07) is 0. The Morgan fingerprint density at radius 1 is 1.31 bits per heavy atom. The molecule has 32 heavy (non-hydrogen) atoms. The normalized spacial score (nSPS) is 22.7. The highest BCUT2D eigenvalue weighted by molar-refractivity contribution is 8.00. The number of aliphatic hydroxyl groups is 1. The third kappa shape index (κ3) is 3.82. The van der Waals surface area contributed by atoms with E-state index in [9.17, 15) is 19.5 Å². The zero-order valence-electron chi connectivity index (χ0n) is 18.8. The standard InChI is InChI=1S/C21H28N4O6S/c1-10(2)7-24-20-17(18(27)23(5)21(24)29)16(19(28)25-8-13(26)9-30-25)15(32-20)6-14-11(3)22-31-12(14)4/h10,13,15-16,26H,6-9H2,1-5H3/t13-,15?,16?/m0/s1. The van der Waals surface area contributed by atoms with Crippen LogP contribution >= 0.6 is 11.8 Å². The van der Waals surface area contributed by atoms with Crippen molar-refractivity contribution in [1.82, 2.24) is 19.4 Å². The van der Waals surface area contributed by atoms with Crippen molar-refractivity contribution in [2.75, 3.05) is 13.2 Å². The third-order valence-corrected chi connectivity index (χ3v) is 7.32. The SMILES string of the molecule is Cc1noc(C)c1CC1Sc2c(c(=O)n(C)c(=O)n2CC(C)C)C1C(=O)N1C[C@H](O)CO1. The second-order valence-electron chi connectivity index (χ2n) is 8.86. The fourth-order valence-corrected chi connectivity index (χ4v) is 5.85. The first-order valence-corrected chi connectivity index (χ1v) is 11.5. The number of hydrogen-bond acceptors (Lipinski definition) is 8. The largest absolute Gasteiger partial charge is 0.389 e. The number of carbonyl (C=O) groups excluding carboxylic acids is 1. The van der Waals surface area contributed by atoms with E-state index in [1.54, 1.807) is 4.57 Å². The van der Waals surface area contributed by atoms with Crippen LogP contribution in [0.3, 0.4) is 0 Å². The van der Waals surface area contributed by atoms with Crippen molar-refractivity contribution >= 4 is 17.7 Å². The summed E-state index contributed by atoms with van der Waals surface area (Å²) in [5, 5.41) is 15.2. The minimum atomic E-state index is -0.827. The van der Waals surface area contributed by atoms with Crippen LogP contribution in [0.2, 0.25) is 0 Å². The fraction of sp³-hybridized carbons (Fsp3) is 0.619. The quantitative estimate of drug-likeness (QED) is 0.644. The molecule has 2 unspecified atom stereocenters. The van der Waals surface area contributed by atoms with Gasteiger partial charge in [0.25, 0.3) is 11.5 Å². The van der Waals surface area contributed by atoms with Crippen LogP contribution in [0.5, 0.6) is 0 Å². The molecular formula is C21H28N4O6S. The van der Waals surface area contributed by atoms with Gasteiger partial charge in [-0.05, 0) is 26.2 Å². The number of hydrogen-bond donors (Lipinski definition) is 1. The van der Waals surface area contributed by atoms with Crippen molar-refractivity contribution in [3.8, 4) is 0 Å². The van der Waals surface area contributed by atoms with Gasteiger partial charge < -0.3 is 9.63 Å². The van der Waals surface area contributed by atoms with Crippen molar-refractivity contribution in [1.29, 1.82) is 0 Å². The van der Waals surface area contributed by atoms with E-state index in [1.807, 2.05) is 27.7 Å². The fourth-order valence-electron chi connectivity index (χ4n) is 4.31. The molecule has 2 aromatic rings. The van der Waals surface area contributed by atoms with Gasteiger partial charge in [0.05, 0.1) is 34.8 Å². The van der Waals surface area contributed by atoms with E-state index in [0.717, 1.165) is 20.9 Å². The monoisotopic (exact) mass is 464 g/mol. The molecule has 0 spiro atoms. The topological polar surface area (TPSA) is 120 Å². The minimum Gasteiger partial charge on any atom is -0.389 e. The van der Waals surface area contributed by atoms with Gasteiger partial charge in [0.1, 0.15) is 12.4 Å². The highest BCUT2D eigenvalue weighted by atomic mass is 32.2. The summed E-state index contributed by atoms with van der Waals surface area (Å²) in [5.74, 6) is -0.392. The van der Waals surface area contributed by atoms with Crippen molar-refractivity contribution in [3.05, 3.63) is 43.4 Å². The Labute approximate surface area is 189 Å². The first-order valence-electron chi connectivity index (χ1n) is 10.6. The molecule has 0 aromatic carbocycles. The van der Waals surface area contributed by atoms with Crippen LogP contribution in [-0.4, -0.2) is 54.9 Å². The molecule has 4 heterocycles. The van der Waals surface area contributed by atoms with Crippen molar-refractivity contribution in [2.24, 2.45) is 13.0 Å². The van der Waals surface area contributed by atoms with E-state index in [0.29, 0.717) is 29.3 Å². The van der Waals surface area contributed by atoms with E-state index < -0.39 is 29.2 Å². The summed E-state index contributed by atoms with van der Waals surface area (Å²) in [7, 11) is 1.44. The number of aromatic nitrogens is 3. The average molecular weight is 465 g/mol. The molecule has 1 fully saturated rings. The van der Waals surface area contributed by atoms with E-state index in [-0.39, 0.29) is 24.3 Å². The number of nitrogens with zero attached hydrogens (tertiary/aromatic N) is 4. The van der Waals surface area contributed by atoms with E-state index in [1.165, 1.54) is 18.8 Å². The van der Waals surface area contributed by atoms with Gasteiger partial charge in [-0.25, -0.2) is 9.86 Å². The van der Waals surface area contributed by atoms with Crippen molar-refractivity contribution < 1.29 is 19.3 Å². The Bertz CT molecular complexity index is 1150. The number of thioether (sulfide) groups is 1. The van der Waals surface area contributed by atoms with E-state index in [2.05, 4.69) is 5.16 Å². The number of fused-ring (bicyclic) bond motifs is 1. The van der Waals surface area contributed by atoms with Crippen LogP contribution in [0, 0.1) is 19.8 Å². The predicted octanol–water partition coefficient (Wildman–Crippen LogP) is 0.743. The van der Waals surface area contributed by atoms with Gasteiger partial charge in [-0.15, -0.1) is 11.8 Å². The Hall–Kier alpha value is -2.37. The molecule has 10 nitrogen and oxygen atoms in total. The van der Waals surface area contributed by atoms with Gasteiger partial charge in [-0.1, -0.05) is 19.0 Å². The lowest BCUT2D eigenvalue weighted by Gasteiger charge is -2.23. The molecule has 11 heteroatoms. The molecular weight excluding hydrogens is 436 g/mol. The molecule has 1 saturated heterocycles. The maximum atomic E-state index is 13.5. The van der Waals surface area contributed by atoms with Gasteiger partial charge in [0.15, 0.2) is 0 Å². The summed E-state index contributed by atoms with van der Waals surface area (Å²) in [6.07, 6.45) is -0.335. The predicted molar refractivity (Wildman–Crippen MR) is 117 cm³/mol. The molecule has 2 aliphatic heterocycles. The van der Waals surface area contributed by atoms with E-state index in [4.69, 9.17) is 9.36 Å². The highest BCUT2D eigenvalue weighted by Crippen LogP contribution is 2.46. The lowest BCUT2D eigenvalue weighted by Crippen LogP contribution is -2.44. The third-order valence-electron chi connectivity index (χ3n) is 5.92. The Balaban J connectivity index is 1.85.